The molecule has 0 spiro atoms. The van der Waals surface area contributed by atoms with Gasteiger partial charge in [0.1, 0.15) is 11.6 Å². The van der Waals surface area contributed by atoms with Crippen molar-refractivity contribution in [3.63, 3.8) is 0 Å². The van der Waals surface area contributed by atoms with Crippen molar-refractivity contribution in [1.82, 2.24) is 20.5 Å². The van der Waals surface area contributed by atoms with Crippen LogP contribution in [-0.2, 0) is 25.5 Å². The fourth-order valence-electron chi connectivity index (χ4n) is 4.29. The van der Waals surface area contributed by atoms with Crippen LogP contribution >= 0.6 is 0 Å². The molecular formula is C29H44N4O7. The number of nitrogens with zero attached hydrogens (tertiary/aromatic N) is 2. The summed E-state index contributed by atoms with van der Waals surface area (Å²) in [5.41, 5.74) is 0.976. The fraction of sp³-hybridized carbons (Fsp3) is 0.586. The van der Waals surface area contributed by atoms with E-state index >= 15 is 0 Å². The van der Waals surface area contributed by atoms with Gasteiger partial charge >= 0.3 is 12.2 Å². The molecule has 0 aliphatic heterocycles. The smallest absolute Gasteiger partial charge is 0.407 e. The Hall–Kier alpha value is -3.44. The zero-order chi connectivity index (χ0) is 29.7. The SMILES string of the molecule is CCOC(OCC)[C@H](C)N(Cc1cccc2cccnc12)C(=O)[C@H](CCCCNC(=O)OC(C)(C)C)NC(=O)O. The van der Waals surface area contributed by atoms with Crippen LogP contribution in [0.5, 0.6) is 0 Å². The van der Waals surface area contributed by atoms with Crippen molar-refractivity contribution < 1.29 is 33.7 Å². The average Bonchev–Trinajstić information content (AvgIpc) is 2.89. The number of hydrogen-bond donors (Lipinski definition) is 3. The number of benzene rings is 1. The summed E-state index contributed by atoms with van der Waals surface area (Å²) in [6.45, 7) is 12.1. The van der Waals surface area contributed by atoms with Gasteiger partial charge in [-0.3, -0.25) is 9.78 Å². The number of ether oxygens (including phenoxy) is 3. The summed E-state index contributed by atoms with van der Waals surface area (Å²) in [5.74, 6) is -0.396. The molecular weight excluding hydrogens is 516 g/mol. The summed E-state index contributed by atoms with van der Waals surface area (Å²) in [5, 5.41) is 15.5. The van der Waals surface area contributed by atoms with Gasteiger partial charge in [0.15, 0.2) is 6.29 Å². The lowest BCUT2D eigenvalue weighted by Gasteiger charge is -2.36. The zero-order valence-electron chi connectivity index (χ0n) is 24.4. The summed E-state index contributed by atoms with van der Waals surface area (Å²) in [7, 11) is 0. The molecule has 0 saturated heterocycles. The normalized spacial score (nSPS) is 13.1. The Labute approximate surface area is 236 Å². The molecule has 0 fully saturated rings. The standard InChI is InChI=1S/C29H44N4O7/c1-7-38-26(39-8-2)20(3)33(19-22-14-11-13-21-15-12-18-30-24(21)22)25(34)23(32-27(35)36)16-9-10-17-31-28(37)40-29(4,5)6/h11-15,18,20,23,26,32H,7-10,16-17,19H2,1-6H3,(H,31,37)(H,35,36)/t20-,23-/m0/s1. The second kappa shape index (κ2) is 16.0. The molecule has 2 atom stereocenters. The van der Waals surface area contributed by atoms with Gasteiger partial charge in [0.05, 0.1) is 11.6 Å². The maximum atomic E-state index is 14.0. The van der Waals surface area contributed by atoms with Crippen LogP contribution in [-0.4, -0.2) is 76.8 Å². The minimum absolute atomic E-state index is 0.184. The molecule has 3 amide bonds. The Balaban J connectivity index is 2.25. The highest BCUT2D eigenvalue weighted by Gasteiger charge is 2.33. The molecule has 11 nitrogen and oxygen atoms in total. The summed E-state index contributed by atoms with van der Waals surface area (Å²) in [4.78, 5) is 43.7. The van der Waals surface area contributed by atoms with Crippen LogP contribution in [0.4, 0.5) is 9.59 Å². The molecule has 3 N–H and O–H groups in total. The summed E-state index contributed by atoms with van der Waals surface area (Å²) in [6.07, 6.45) is 0.446. The highest BCUT2D eigenvalue weighted by Crippen LogP contribution is 2.22. The Morgan fingerprint density at radius 2 is 1.73 bits per heavy atom. The van der Waals surface area contributed by atoms with E-state index in [2.05, 4.69) is 15.6 Å². The Bertz CT molecular complexity index is 1090. The molecule has 0 saturated carbocycles. The van der Waals surface area contributed by atoms with E-state index in [0.29, 0.717) is 32.6 Å². The molecule has 11 heteroatoms. The second-order valence-electron chi connectivity index (χ2n) is 10.4. The lowest BCUT2D eigenvalue weighted by molar-refractivity contribution is -0.179. The number of aromatic nitrogens is 1. The zero-order valence-corrected chi connectivity index (χ0v) is 24.4. The van der Waals surface area contributed by atoms with E-state index in [1.165, 1.54) is 0 Å². The third-order valence-electron chi connectivity index (χ3n) is 6.07. The van der Waals surface area contributed by atoms with Crippen molar-refractivity contribution in [1.29, 1.82) is 0 Å². The lowest BCUT2D eigenvalue weighted by atomic mass is 10.0. The molecule has 40 heavy (non-hydrogen) atoms. The number of rotatable bonds is 15. The van der Waals surface area contributed by atoms with Gasteiger partial charge in [-0.15, -0.1) is 0 Å². The van der Waals surface area contributed by atoms with Crippen molar-refractivity contribution in [3.05, 3.63) is 42.1 Å². The number of unbranched alkanes of at least 4 members (excludes halogenated alkanes) is 1. The first-order chi connectivity index (χ1) is 19.0. The lowest BCUT2D eigenvalue weighted by Crippen LogP contribution is -2.54. The number of hydrogen-bond acceptors (Lipinski definition) is 7. The molecule has 1 aromatic carbocycles. The Morgan fingerprint density at radius 1 is 1.05 bits per heavy atom. The van der Waals surface area contributed by atoms with Crippen LogP contribution in [0.1, 0.15) is 66.4 Å². The highest BCUT2D eigenvalue weighted by atomic mass is 16.7. The fourth-order valence-corrected chi connectivity index (χ4v) is 4.29. The summed E-state index contributed by atoms with van der Waals surface area (Å²) in [6, 6.07) is 8.02. The Morgan fingerprint density at radius 3 is 2.35 bits per heavy atom. The van der Waals surface area contributed by atoms with Gasteiger partial charge in [-0.05, 0) is 72.4 Å². The number of nitrogens with one attached hydrogen (secondary N) is 2. The van der Waals surface area contributed by atoms with Crippen LogP contribution in [0.2, 0.25) is 0 Å². The quantitative estimate of drug-likeness (QED) is 0.211. The third-order valence-corrected chi connectivity index (χ3v) is 6.07. The molecule has 2 rings (SSSR count). The second-order valence-corrected chi connectivity index (χ2v) is 10.4. The molecule has 2 aromatic rings. The minimum Gasteiger partial charge on any atom is -0.465 e. The van der Waals surface area contributed by atoms with Gasteiger partial charge in [0, 0.05) is 37.9 Å². The number of fused-ring (bicyclic) bond motifs is 1. The number of carboxylic acid groups (broad SMARTS) is 1. The van der Waals surface area contributed by atoms with Gasteiger partial charge in [-0.2, -0.15) is 0 Å². The van der Waals surface area contributed by atoms with E-state index in [-0.39, 0.29) is 13.0 Å². The van der Waals surface area contributed by atoms with Gasteiger partial charge in [0.2, 0.25) is 5.91 Å². The number of pyridine rings is 1. The van der Waals surface area contributed by atoms with Gasteiger partial charge in [-0.25, -0.2) is 9.59 Å². The molecule has 0 radical (unpaired) electrons. The number of carbonyl (C=O) groups is 3. The van der Waals surface area contributed by atoms with Crippen molar-refractivity contribution in [2.24, 2.45) is 0 Å². The Kier molecular flexibility index (Phi) is 13.1. The van der Waals surface area contributed by atoms with E-state index in [4.69, 9.17) is 14.2 Å². The number of para-hydroxylation sites is 1. The van der Waals surface area contributed by atoms with Gasteiger partial charge < -0.3 is 34.9 Å². The summed E-state index contributed by atoms with van der Waals surface area (Å²) < 4.78 is 16.9. The van der Waals surface area contributed by atoms with E-state index in [9.17, 15) is 19.5 Å². The highest BCUT2D eigenvalue weighted by molar-refractivity contribution is 5.86. The monoisotopic (exact) mass is 560 g/mol. The van der Waals surface area contributed by atoms with Crippen LogP contribution < -0.4 is 10.6 Å². The van der Waals surface area contributed by atoms with Gasteiger partial charge in [-0.1, -0.05) is 24.3 Å². The first-order valence-electron chi connectivity index (χ1n) is 13.8. The largest absolute Gasteiger partial charge is 0.465 e. The van der Waals surface area contributed by atoms with Crippen LogP contribution in [0.15, 0.2) is 36.5 Å². The number of carbonyl (C=O) groups excluding carboxylic acids is 2. The van der Waals surface area contributed by atoms with Crippen LogP contribution in [0, 0.1) is 0 Å². The van der Waals surface area contributed by atoms with Gasteiger partial charge in [0.25, 0.3) is 0 Å². The molecule has 0 unspecified atom stereocenters. The molecule has 0 aliphatic rings. The first-order valence-corrected chi connectivity index (χ1v) is 13.8. The van der Waals surface area contributed by atoms with Crippen LogP contribution in [0.25, 0.3) is 10.9 Å². The van der Waals surface area contributed by atoms with E-state index in [0.717, 1.165) is 16.5 Å². The van der Waals surface area contributed by atoms with Crippen molar-refractivity contribution in [2.45, 2.75) is 91.3 Å². The average molecular weight is 561 g/mol. The molecule has 222 valence electrons. The van der Waals surface area contributed by atoms with Crippen LogP contribution in [0.3, 0.4) is 0 Å². The topological polar surface area (TPSA) is 139 Å². The molecule has 1 aromatic heterocycles. The van der Waals surface area contributed by atoms with Crippen molar-refractivity contribution in [2.75, 3.05) is 19.8 Å². The minimum atomic E-state index is -1.30. The predicted octanol–water partition coefficient (Wildman–Crippen LogP) is 4.68. The molecule has 1 heterocycles. The predicted molar refractivity (Wildman–Crippen MR) is 152 cm³/mol. The first kappa shape index (κ1) is 32.8. The van der Waals surface area contributed by atoms with Crippen molar-refractivity contribution >= 4 is 29.0 Å². The molecule has 0 bridgehead atoms. The third kappa shape index (κ3) is 10.6. The maximum Gasteiger partial charge on any atom is 0.407 e. The van der Waals surface area contributed by atoms with E-state index < -0.39 is 42.1 Å². The summed E-state index contributed by atoms with van der Waals surface area (Å²) >= 11 is 0. The maximum absolute atomic E-state index is 14.0. The molecule has 0 aliphatic carbocycles. The number of amides is 3. The van der Waals surface area contributed by atoms with Crippen molar-refractivity contribution in [3.8, 4) is 0 Å². The van der Waals surface area contributed by atoms with E-state index in [1.54, 1.807) is 31.9 Å². The van der Waals surface area contributed by atoms with E-state index in [1.807, 2.05) is 51.1 Å². The number of alkyl carbamates (subject to hydrolysis) is 1.